The first-order valence-electron chi connectivity index (χ1n) is 10.8. The number of nitrogens with zero attached hydrogens (tertiary/aromatic N) is 3. The van der Waals surface area contributed by atoms with E-state index < -0.39 is 0 Å². The Morgan fingerprint density at radius 3 is 2.39 bits per heavy atom. The van der Waals surface area contributed by atoms with E-state index in [0.29, 0.717) is 29.9 Å². The summed E-state index contributed by atoms with van der Waals surface area (Å²) in [7, 11) is 0. The molecule has 1 N–H and O–H groups in total. The van der Waals surface area contributed by atoms with Crippen molar-refractivity contribution in [3.63, 3.8) is 0 Å². The SMILES string of the molecule is Cc1nc(C)n(Cc2ccc(-c3ccccc3C#N)cc2)c(=O)c1Cc1cccc(CO)c1. The molecule has 3 aromatic carbocycles. The maximum absolute atomic E-state index is 13.4. The summed E-state index contributed by atoms with van der Waals surface area (Å²) in [6, 6.07) is 25.3. The van der Waals surface area contributed by atoms with Crippen LogP contribution in [0.25, 0.3) is 11.1 Å². The highest BCUT2D eigenvalue weighted by Gasteiger charge is 2.14. The predicted octanol–water partition coefficient (Wildman–Crippen LogP) is 4.53. The summed E-state index contributed by atoms with van der Waals surface area (Å²) >= 11 is 0. The summed E-state index contributed by atoms with van der Waals surface area (Å²) in [5.41, 5.74) is 6.61. The van der Waals surface area contributed by atoms with E-state index in [1.165, 1.54) is 0 Å². The Bertz CT molecular complexity index is 1400. The Morgan fingerprint density at radius 2 is 1.67 bits per heavy atom. The number of benzene rings is 3. The molecule has 4 aromatic rings. The molecule has 0 radical (unpaired) electrons. The third-order valence-corrected chi connectivity index (χ3v) is 5.87. The molecule has 0 atom stereocenters. The zero-order chi connectivity index (χ0) is 23.4. The molecule has 5 heteroatoms. The fourth-order valence-corrected chi connectivity index (χ4v) is 4.07. The molecule has 0 aliphatic heterocycles. The molecule has 0 saturated heterocycles. The highest BCUT2D eigenvalue weighted by Crippen LogP contribution is 2.23. The van der Waals surface area contributed by atoms with Gasteiger partial charge in [-0.05, 0) is 47.7 Å². The smallest absolute Gasteiger partial charge is 0.257 e. The number of hydrogen-bond acceptors (Lipinski definition) is 4. The van der Waals surface area contributed by atoms with Crippen molar-refractivity contribution in [2.24, 2.45) is 0 Å². The maximum Gasteiger partial charge on any atom is 0.257 e. The molecule has 33 heavy (non-hydrogen) atoms. The van der Waals surface area contributed by atoms with Gasteiger partial charge in [0.2, 0.25) is 0 Å². The van der Waals surface area contributed by atoms with Crippen LogP contribution in [0, 0.1) is 25.2 Å². The van der Waals surface area contributed by atoms with Gasteiger partial charge in [-0.25, -0.2) is 4.98 Å². The van der Waals surface area contributed by atoms with Crippen molar-refractivity contribution in [2.45, 2.75) is 33.4 Å². The predicted molar refractivity (Wildman–Crippen MR) is 129 cm³/mol. The summed E-state index contributed by atoms with van der Waals surface area (Å²) in [6.07, 6.45) is 0.468. The van der Waals surface area contributed by atoms with Crippen LogP contribution in [0.15, 0.2) is 77.6 Å². The summed E-state index contributed by atoms with van der Waals surface area (Å²) in [5, 5.41) is 18.8. The minimum Gasteiger partial charge on any atom is -0.392 e. The van der Waals surface area contributed by atoms with E-state index in [9.17, 15) is 15.2 Å². The van der Waals surface area contributed by atoms with E-state index in [0.717, 1.165) is 33.5 Å². The van der Waals surface area contributed by atoms with E-state index in [4.69, 9.17) is 0 Å². The quantitative estimate of drug-likeness (QED) is 0.483. The van der Waals surface area contributed by atoms with Gasteiger partial charge in [-0.2, -0.15) is 5.26 Å². The van der Waals surface area contributed by atoms with E-state index in [2.05, 4.69) is 11.1 Å². The second kappa shape index (κ2) is 9.64. The number of aromatic nitrogens is 2. The van der Waals surface area contributed by atoms with Crippen LogP contribution < -0.4 is 5.56 Å². The van der Waals surface area contributed by atoms with Gasteiger partial charge in [0.15, 0.2) is 0 Å². The van der Waals surface area contributed by atoms with Crippen molar-refractivity contribution in [1.29, 1.82) is 5.26 Å². The van der Waals surface area contributed by atoms with Crippen LogP contribution in [-0.2, 0) is 19.6 Å². The third-order valence-electron chi connectivity index (χ3n) is 5.87. The molecule has 0 amide bonds. The van der Waals surface area contributed by atoms with Crippen LogP contribution in [0.3, 0.4) is 0 Å². The maximum atomic E-state index is 13.4. The third kappa shape index (κ3) is 4.77. The topological polar surface area (TPSA) is 78.9 Å². The van der Waals surface area contributed by atoms with Gasteiger partial charge in [0.25, 0.3) is 5.56 Å². The van der Waals surface area contributed by atoms with Gasteiger partial charge in [0.1, 0.15) is 5.82 Å². The Labute approximate surface area is 193 Å². The number of nitriles is 1. The van der Waals surface area contributed by atoms with E-state index in [1.807, 2.05) is 86.6 Å². The van der Waals surface area contributed by atoms with E-state index in [1.54, 1.807) is 4.57 Å². The zero-order valence-corrected chi connectivity index (χ0v) is 18.7. The lowest BCUT2D eigenvalue weighted by molar-refractivity contribution is 0.281. The highest BCUT2D eigenvalue weighted by molar-refractivity contribution is 5.70. The van der Waals surface area contributed by atoms with Crippen molar-refractivity contribution in [3.05, 3.63) is 122 Å². The molecule has 0 saturated carbocycles. The van der Waals surface area contributed by atoms with Gasteiger partial charge >= 0.3 is 0 Å². The second-order valence-corrected chi connectivity index (χ2v) is 8.12. The van der Waals surface area contributed by atoms with E-state index in [-0.39, 0.29) is 12.2 Å². The average molecular weight is 436 g/mol. The van der Waals surface area contributed by atoms with Crippen LogP contribution in [0.4, 0.5) is 0 Å². The first-order valence-corrected chi connectivity index (χ1v) is 10.8. The Hall–Kier alpha value is -4.01. The lowest BCUT2D eigenvalue weighted by atomic mass is 9.99. The number of aliphatic hydroxyl groups excluding tert-OH is 1. The van der Waals surface area contributed by atoms with Gasteiger partial charge in [-0.15, -0.1) is 0 Å². The van der Waals surface area contributed by atoms with Crippen LogP contribution in [0.1, 0.15) is 39.3 Å². The highest BCUT2D eigenvalue weighted by atomic mass is 16.3. The van der Waals surface area contributed by atoms with E-state index >= 15 is 0 Å². The molecule has 0 bridgehead atoms. The largest absolute Gasteiger partial charge is 0.392 e. The lowest BCUT2D eigenvalue weighted by Crippen LogP contribution is -2.29. The minimum absolute atomic E-state index is 0.0297. The summed E-state index contributed by atoms with van der Waals surface area (Å²) in [6.45, 7) is 4.10. The van der Waals surface area contributed by atoms with Crippen molar-refractivity contribution in [2.75, 3.05) is 0 Å². The van der Waals surface area contributed by atoms with Gasteiger partial charge in [-0.1, -0.05) is 66.7 Å². The molecule has 0 fully saturated rings. The van der Waals surface area contributed by atoms with Crippen LogP contribution in [0.2, 0.25) is 0 Å². The molecule has 0 aliphatic carbocycles. The van der Waals surface area contributed by atoms with Crippen molar-refractivity contribution < 1.29 is 5.11 Å². The molecule has 1 heterocycles. The molecule has 0 aliphatic rings. The molecule has 1 aromatic heterocycles. The van der Waals surface area contributed by atoms with Gasteiger partial charge in [0, 0.05) is 17.7 Å². The van der Waals surface area contributed by atoms with Crippen molar-refractivity contribution >= 4 is 0 Å². The Kier molecular flexibility index (Phi) is 6.48. The molecular weight excluding hydrogens is 410 g/mol. The van der Waals surface area contributed by atoms with Gasteiger partial charge in [-0.3, -0.25) is 9.36 Å². The number of rotatable bonds is 6. The average Bonchev–Trinajstić information content (AvgIpc) is 2.85. The monoisotopic (exact) mass is 435 g/mol. The summed E-state index contributed by atoms with van der Waals surface area (Å²) in [5.74, 6) is 0.671. The second-order valence-electron chi connectivity index (χ2n) is 8.12. The fourth-order valence-electron chi connectivity index (χ4n) is 4.07. The first-order chi connectivity index (χ1) is 16.0. The van der Waals surface area contributed by atoms with Gasteiger partial charge < -0.3 is 5.11 Å². The van der Waals surface area contributed by atoms with Crippen LogP contribution >= 0.6 is 0 Å². The van der Waals surface area contributed by atoms with Crippen LogP contribution in [0.5, 0.6) is 0 Å². The summed E-state index contributed by atoms with van der Waals surface area (Å²) in [4.78, 5) is 18.0. The standard InChI is InChI=1S/C28H25N3O2/c1-19-27(15-22-6-5-7-23(14-22)18-32)28(33)31(20(2)30-19)17-21-10-12-24(13-11-21)26-9-4-3-8-25(26)16-29/h3-14,32H,15,17-18H2,1-2H3. The molecule has 0 unspecified atom stereocenters. The lowest BCUT2D eigenvalue weighted by Gasteiger charge is -2.14. The fraction of sp³-hybridized carbons (Fsp3) is 0.179. The molecule has 4 rings (SSSR count). The molecule has 5 nitrogen and oxygen atoms in total. The summed E-state index contributed by atoms with van der Waals surface area (Å²) < 4.78 is 1.70. The molecule has 164 valence electrons. The van der Waals surface area contributed by atoms with Crippen LogP contribution in [-0.4, -0.2) is 14.7 Å². The Morgan fingerprint density at radius 1 is 0.939 bits per heavy atom. The minimum atomic E-state index is -0.0479. The normalized spacial score (nSPS) is 10.7. The number of aryl methyl sites for hydroxylation is 2. The number of aliphatic hydroxyl groups is 1. The molecular formula is C28H25N3O2. The molecule has 0 spiro atoms. The zero-order valence-electron chi connectivity index (χ0n) is 18.7. The van der Waals surface area contributed by atoms with Crippen molar-refractivity contribution in [1.82, 2.24) is 9.55 Å². The Balaban J connectivity index is 1.64. The number of hydrogen-bond donors (Lipinski definition) is 1. The van der Waals surface area contributed by atoms with Crippen molar-refractivity contribution in [3.8, 4) is 17.2 Å². The first kappa shape index (κ1) is 22.2. The van der Waals surface area contributed by atoms with Gasteiger partial charge in [0.05, 0.1) is 24.8 Å².